The number of nitrogens with two attached hydrogens (primary N) is 6. The van der Waals surface area contributed by atoms with Crippen molar-refractivity contribution in [3.8, 4) is 170 Å². The van der Waals surface area contributed by atoms with E-state index in [2.05, 4.69) is 101 Å². The fraction of sp³-hybridized carbons (Fsp3) is 0.0235. The van der Waals surface area contributed by atoms with Crippen molar-refractivity contribution in [3.05, 3.63) is 277 Å². The quantitative estimate of drug-likeness (QED) is 0.0540. The average Bonchev–Trinajstić information content (AvgIpc) is 1.78. The van der Waals surface area contributed by atoms with Crippen LogP contribution in [0.5, 0.6) is 34.5 Å². The van der Waals surface area contributed by atoms with Crippen molar-refractivity contribution in [2.24, 2.45) is 0 Å². The van der Waals surface area contributed by atoms with Crippen molar-refractivity contribution in [3.63, 3.8) is 0 Å². The molecule has 0 saturated carbocycles. The van der Waals surface area contributed by atoms with Crippen LogP contribution in [0.2, 0.25) is 35.2 Å². The first-order valence-electron chi connectivity index (χ1n) is 36.7. The normalized spacial score (nSPS) is 10.7. The Morgan fingerprint density at radius 2 is 0.656 bits per heavy atom. The summed E-state index contributed by atoms with van der Waals surface area (Å²) in [5.41, 5.74) is 46.2. The van der Waals surface area contributed by atoms with Crippen LogP contribution in [0.25, 0.3) is 135 Å². The number of aromatic hydroxyl groups is 6. The Hall–Kier alpha value is -15.3. The summed E-state index contributed by atoms with van der Waals surface area (Å²) < 4.78 is 31.9. The SMILES string of the molecule is Cc1nnc(-c2nc(N)cnc2-c2ccc(O)c(Cl)c2)o1.Cc1nnc(-c2nc(N)cnc2-c2ccc(O)c(Cl)c2)s1.Nc1cnc(-c2ccc(O)c(Cl)c2)c(-c2ccc(F)cc2)n1.Nc1cnc(-c2ccc(O)c(Cl)c2)c(-c2cccc(F)c2)n1.Nc1cnc(-c2ccc(O)c(Cl)c2)c(-c2ccccc2Cl)n1.Nc1cnc(-c2ccc(O)c(Cl)c2)c(-c2nn[nH]n2)n1. The third-order valence-corrected chi connectivity index (χ3v) is 20.4. The van der Waals surface area contributed by atoms with E-state index in [0.29, 0.717) is 140 Å². The van der Waals surface area contributed by atoms with Gasteiger partial charge in [0.15, 0.2) is 10.7 Å². The summed E-state index contributed by atoms with van der Waals surface area (Å²) in [4.78, 5) is 51.3. The number of phenols is 6. The number of nitrogens with one attached hydrogen (secondary N) is 1. The standard InChI is InChI=1S/C16H11Cl2N3O.2C16H11ClFN3O.C13H10ClN5O2.C13H10ClN5OS.C11H8ClN7O/c17-11-4-2-1-3-10(11)16-15(20-8-14(19)21-16)9-5-6-13(22)12(18)7-9;17-12-7-10(3-6-13(12)22)15-16(21-14(19)8-20-15)9-1-4-11(18)5-2-9;17-12-7-10(4-5-13(12)22)15-16(21-14(19)8-20-15)9-2-1-3-11(18)6-9;2*1-6-18-19-13(21-6)12-11(16-5-10(15)17-12)7-2-3-9(20)8(14)4-7;12-6-3-5(1-2-7(6)20)9-10(11-16-18-19-17-11)15-8(13)4-14-9/h3*1-8,22H,(H2,19,21);2*2-5,20H,1H3,(H2,15,17);1-4,20H,(H2,13,15)(H,16,17,18,19). The van der Waals surface area contributed by atoms with Crippen LogP contribution >= 0.6 is 92.5 Å². The second-order valence-corrected chi connectivity index (χ2v) is 30.5. The largest absolute Gasteiger partial charge is 0.506 e. The van der Waals surface area contributed by atoms with Gasteiger partial charge >= 0.3 is 0 Å². The highest BCUT2D eigenvalue weighted by atomic mass is 35.5. The van der Waals surface area contributed by atoms with Gasteiger partial charge in [-0.25, -0.2) is 48.7 Å². The van der Waals surface area contributed by atoms with Gasteiger partial charge in [0.2, 0.25) is 11.7 Å². The van der Waals surface area contributed by atoms with Crippen molar-refractivity contribution in [2.45, 2.75) is 13.8 Å². The zero-order valence-electron chi connectivity index (χ0n) is 65.6. The van der Waals surface area contributed by atoms with E-state index < -0.39 is 0 Å². The fourth-order valence-electron chi connectivity index (χ4n) is 11.6. The number of nitrogens with zero attached hydrogens (tertiary/aromatic N) is 19. The molecule has 0 atom stereocenters. The number of benzene rings is 9. The summed E-state index contributed by atoms with van der Waals surface area (Å²) in [6.07, 6.45) is 8.62. The molecule has 0 aliphatic carbocycles. The second kappa shape index (κ2) is 40.6. The van der Waals surface area contributed by atoms with Gasteiger partial charge in [0.05, 0.1) is 107 Å². The van der Waals surface area contributed by atoms with Crippen LogP contribution in [0.1, 0.15) is 10.9 Å². The van der Waals surface area contributed by atoms with Gasteiger partial charge in [0.25, 0.3) is 5.89 Å². The summed E-state index contributed by atoms with van der Waals surface area (Å²) in [5.74, 6) is 1.66. The fourth-order valence-corrected chi connectivity index (χ4v) is 13.6. The van der Waals surface area contributed by atoms with Gasteiger partial charge in [-0.3, -0.25) is 19.9 Å². The van der Waals surface area contributed by atoms with E-state index in [9.17, 15) is 39.4 Å². The minimum atomic E-state index is -0.378. The Kier molecular flexibility index (Phi) is 28.7. The van der Waals surface area contributed by atoms with Gasteiger partial charge in [0, 0.05) is 57.0 Å². The molecule has 43 heteroatoms. The van der Waals surface area contributed by atoms with Gasteiger partial charge < -0.3 is 69.5 Å². The Bertz CT molecular complexity index is 6970. The number of tetrazole rings is 1. The number of phenolic OH excluding ortho intramolecular Hbond substituents is 6. The molecule has 0 aliphatic rings. The highest BCUT2D eigenvalue weighted by Gasteiger charge is 2.24. The van der Waals surface area contributed by atoms with Crippen LogP contribution in [0.15, 0.2) is 224 Å². The van der Waals surface area contributed by atoms with Crippen LogP contribution in [-0.4, -0.2) is 131 Å². The highest BCUT2D eigenvalue weighted by molar-refractivity contribution is 7.14. The van der Waals surface area contributed by atoms with Crippen LogP contribution in [-0.2, 0) is 0 Å². The molecule has 0 amide bonds. The Balaban J connectivity index is 0.000000131. The Morgan fingerprint density at radius 3 is 1.02 bits per heavy atom. The summed E-state index contributed by atoms with van der Waals surface area (Å²) in [6, 6.07) is 47.7. The van der Waals surface area contributed by atoms with Crippen molar-refractivity contribution in [2.75, 3.05) is 34.4 Å². The molecule has 642 valence electrons. The van der Waals surface area contributed by atoms with E-state index in [1.165, 1.54) is 109 Å². The number of aryl methyl sites for hydroxylation is 2. The van der Waals surface area contributed by atoms with Crippen LogP contribution in [0, 0.1) is 25.5 Å². The number of anilines is 6. The average molecular weight is 1880 g/mol. The Labute approximate surface area is 761 Å². The smallest absolute Gasteiger partial charge is 0.268 e. The van der Waals surface area contributed by atoms with E-state index in [4.69, 9.17) is 120 Å². The molecule has 0 spiro atoms. The molecule has 18 aromatic rings. The molecule has 0 saturated heterocycles. The number of rotatable bonds is 12. The topological polar surface area (TPSA) is 551 Å². The lowest BCUT2D eigenvalue weighted by Crippen LogP contribution is -1.99. The minimum Gasteiger partial charge on any atom is -0.506 e. The predicted molar refractivity (Wildman–Crippen MR) is 487 cm³/mol. The van der Waals surface area contributed by atoms with Gasteiger partial charge in [0.1, 0.15) is 115 Å². The minimum absolute atomic E-state index is 0.00751. The molecule has 0 unspecified atom stereocenters. The van der Waals surface area contributed by atoms with Crippen molar-refractivity contribution < 1.29 is 43.8 Å². The van der Waals surface area contributed by atoms with Crippen LogP contribution in [0.4, 0.5) is 43.7 Å². The summed E-state index contributed by atoms with van der Waals surface area (Å²) in [7, 11) is 0. The molecular weight excluding hydrogens is 1820 g/mol. The Morgan fingerprint density at radius 1 is 0.312 bits per heavy atom. The molecule has 33 nitrogen and oxygen atoms in total. The van der Waals surface area contributed by atoms with Gasteiger partial charge in [-0.2, -0.15) is 5.21 Å². The van der Waals surface area contributed by atoms with Gasteiger partial charge in [-0.05, 0) is 164 Å². The number of H-pyrrole nitrogens is 1. The monoisotopic (exact) mass is 1870 g/mol. The first-order valence-corrected chi connectivity index (χ1v) is 40.1. The third kappa shape index (κ3) is 22.3. The van der Waals surface area contributed by atoms with E-state index >= 15 is 0 Å². The zero-order valence-corrected chi connectivity index (χ0v) is 71.8. The molecule has 9 aromatic carbocycles. The molecule has 9 aromatic heterocycles. The number of aromatic nitrogens is 20. The molecule has 19 N–H and O–H groups in total. The van der Waals surface area contributed by atoms with Gasteiger partial charge in [-0.15, -0.1) is 30.6 Å². The number of halogens is 9. The first kappa shape index (κ1) is 90.4. The molecule has 0 aliphatic heterocycles. The molecule has 18 rings (SSSR count). The lowest BCUT2D eigenvalue weighted by Gasteiger charge is -2.11. The number of hydrogen-bond donors (Lipinski definition) is 13. The maximum Gasteiger partial charge on any atom is 0.268 e. The number of nitrogen functional groups attached to an aromatic ring is 6. The van der Waals surface area contributed by atoms with Crippen LogP contribution < -0.4 is 34.4 Å². The summed E-state index contributed by atoms with van der Waals surface area (Å²) >= 11 is 43.3. The van der Waals surface area contributed by atoms with Crippen LogP contribution in [0.3, 0.4) is 0 Å². The first-order chi connectivity index (χ1) is 61.4. The molecular formula is C85H61Cl7F2N26O7S. The molecule has 0 fully saturated rings. The maximum atomic E-state index is 13.5. The molecule has 0 bridgehead atoms. The molecule has 0 radical (unpaired) electrons. The number of hydrogen-bond acceptors (Lipinski definition) is 33. The summed E-state index contributed by atoms with van der Waals surface area (Å²) in [6.45, 7) is 3.53. The highest BCUT2D eigenvalue weighted by Crippen LogP contribution is 2.42. The lowest BCUT2D eigenvalue weighted by atomic mass is 10.0. The predicted octanol–water partition coefficient (Wildman–Crippen LogP) is 18.8. The van der Waals surface area contributed by atoms with Crippen molar-refractivity contribution in [1.29, 1.82) is 0 Å². The number of aromatic amines is 1. The van der Waals surface area contributed by atoms with Crippen molar-refractivity contribution >= 4 is 127 Å². The van der Waals surface area contributed by atoms with E-state index in [0.717, 1.165) is 10.6 Å². The molecule has 128 heavy (non-hydrogen) atoms. The third-order valence-electron chi connectivity index (χ3n) is 17.4. The van der Waals surface area contributed by atoms with Gasteiger partial charge in [-0.1, -0.05) is 123 Å². The summed E-state index contributed by atoms with van der Waals surface area (Å²) in [5, 5.41) is 89.7. The van der Waals surface area contributed by atoms with Crippen molar-refractivity contribution in [1.82, 2.24) is 101 Å². The molecule has 9 heterocycles. The lowest BCUT2D eigenvalue weighted by molar-refractivity contribution is 0.475. The zero-order chi connectivity index (χ0) is 91.1. The van der Waals surface area contributed by atoms with E-state index in [-0.39, 0.29) is 111 Å². The second-order valence-electron chi connectivity index (χ2n) is 26.4. The van der Waals surface area contributed by atoms with E-state index in [1.54, 1.807) is 110 Å². The maximum absolute atomic E-state index is 13.5. The van der Waals surface area contributed by atoms with E-state index in [1.807, 2.05) is 25.1 Å².